The number of aromatic nitrogens is 2. The van der Waals surface area contributed by atoms with Crippen molar-refractivity contribution in [3.63, 3.8) is 0 Å². The van der Waals surface area contributed by atoms with Gasteiger partial charge in [0.2, 0.25) is 11.8 Å². The first kappa shape index (κ1) is 14.6. The van der Waals surface area contributed by atoms with Gasteiger partial charge < -0.3 is 9.42 Å². The second-order valence-corrected chi connectivity index (χ2v) is 5.13. The summed E-state index contributed by atoms with van der Waals surface area (Å²) in [7, 11) is 0. The number of rotatable bonds is 2. The van der Waals surface area contributed by atoms with Crippen LogP contribution in [-0.2, 0) is 11.0 Å². The molecule has 1 atom stereocenters. The maximum atomic E-state index is 12.8. The smallest absolute Gasteiger partial charge is 0.340 e. The number of alkyl halides is 3. The fourth-order valence-electron chi connectivity index (χ4n) is 2.46. The first-order valence-corrected chi connectivity index (χ1v) is 6.62. The van der Waals surface area contributed by atoms with Crippen molar-refractivity contribution in [1.29, 1.82) is 0 Å². The van der Waals surface area contributed by atoms with E-state index in [1.807, 2.05) is 0 Å². The SMILES string of the molecule is Cc1nc(C2CC(=O)N(c3cccc(C(F)(F)F)c3)C2)no1. The molecule has 1 aliphatic heterocycles. The van der Waals surface area contributed by atoms with Crippen LogP contribution in [0.5, 0.6) is 0 Å². The van der Waals surface area contributed by atoms with Gasteiger partial charge in [0.15, 0.2) is 5.82 Å². The van der Waals surface area contributed by atoms with Crippen molar-refractivity contribution in [3.8, 4) is 0 Å². The number of anilines is 1. The van der Waals surface area contributed by atoms with Gasteiger partial charge in [-0.3, -0.25) is 4.79 Å². The average Bonchev–Trinajstić information content (AvgIpc) is 3.04. The summed E-state index contributed by atoms with van der Waals surface area (Å²) in [6, 6.07) is 4.72. The van der Waals surface area contributed by atoms with E-state index >= 15 is 0 Å². The second kappa shape index (κ2) is 5.11. The van der Waals surface area contributed by atoms with Crippen LogP contribution in [-0.4, -0.2) is 22.6 Å². The van der Waals surface area contributed by atoms with Crippen LogP contribution in [0.1, 0.15) is 29.6 Å². The van der Waals surface area contributed by atoms with Gasteiger partial charge in [-0.25, -0.2) is 0 Å². The quantitative estimate of drug-likeness (QED) is 0.855. The second-order valence-electron chi connectivity index (χ2n) is 5.13. The lowest BCUT2D eigenvalue weighted by Crippen LogP contribution is -2.24. The van der Waals surface area contributed by atoms with Crippen molar-refractivity contribution in [3.05, 3.63) is 41.5 Å². The normalized spacial score (nSPS) is 19.0. The van der Waals surface area contributed by atoms with Crippen LogP contribution >= 0.6 is 0 Å². The summed E-state index contributed by atoms with van der Waals surface area (Å²) in [6.45, 7) is 1.87. The molecule has 1 fully saturated rings. The first-order chi connectivity index (χ1) is 10.3. The van der Waals surface area contributed by atoms with E-state index in [2.05, 4.69) is 10.1 Å². The maximum Gasteiger partial charge on any atom is 0.416 e. The summed E-state index contributed by atoms with van der Waals surface area (Å²) in [6.07, 6.45) is -4.29. The number of carbonyl (C=O) groups is 1. The minimum atomic E-state index is -4.44. The summed E-state index contributed by atoms with van der Waals surface area (Å²) in [5.74, 6) is 0.256. The largest absolute Gasteiger partial charge is 0.416 e. The molecule has 0 aliphatic carbocycles. The van der Waals surface area contributed by atoms with E-state index < -0.39 is 11.7 Å². The van der Waals surface area contributed by atoms with Crippen molar-refractivity contribution in [1.82, 2.24) is 10.1 Å². The average molecular weight is 311 g/mol. The summed E-state index contributed by atoms with van der Waals surface area (Å²) in [4.78, 5) is 17.5. The molecule has 1 saturated heterocycles. The van der Waals surface area contributed by atoms with E-state index in [1.165, 1.54) is 17.0 Å². The molecule has 0 bridgehead atoms. The van der Waals surface area contributed by atoms with Crippen LogP contribution in [0.3, 0.4) is 0 Å². The summed E-state index contributed by atoms with van der Waals surface area (Å²) < 4.78 is 43.2. The molecule has 1 aromatic heterocycles. The van der Waals surface area contributed by atoms with Crippen LogP contribution < -0.4 is 4.90 Å². The highest BCUT2D eigenvalue weighted by molar-refractivity contribution is 5.96. The molecule has 1 unspecified atom stereocenters. The van der Waals surface area contributed by atoms with Gasteiger partial charge in [0, 0.05) is 31.5 Å². The van der Waals surface area contributed by atoms with Gasteiger partial charge >= 0.3 is 6.18 Å². The maximum absolute atomic E-state index is 12.8. The van der Waals surface area contributed by atoms with Crippen molar-refractivity contribution in [2.75, 3.05) is 11.4 Å². The molecule has 0 spiro atoms. The molecule has 5 nitrogen and oxygen atoms in total. The van der Waals surface area contributed by atoms with Crippen molar-refractivity contribution >= 4 is 11.6 Å². The van der Waals surface area contributed by atoms with Gasteiger partial charge in [0.05, 0.1) is 5.56 Å². The topological polar surface area (TPSA) is 59.2 Å². The van der Waals surface area contributed by atoms with Crippen LogP contribution in [0, 0.1) is 6.92 Å². The number of aryl methyl sites for hydroxylation is 1. The number of amides is 1. The number of carbonyl (C=O) groups excluding carboxylic acids is 1. The van der Waals surface area contributed by atoms with Gasteiger partial charge in [-0.05, 0) is 18.2 Å². The Balaban J connectivity index is 1.85. The molecule has 8 heteroatoms. The minimum absolute atomic E-state index is 0.148. The lowest BCUT2D eigenvalue weighted by molar-refractivity contribution is -0.137. The zero-order valence-corrected chi connectivity index (χ0v) is 11.6. The van der Waals surface area contributed by atoms with Gasteiger partial charge in [-0.15, -0.1) is 0 Å². The third-order valence-corrected chi connectivity index (χ3v) is 3.52. The zero-order valence-electron chi connectivity index (χ0n) is 11.6. The molecule has 1 aromatic carbocycles. The van der Waals surface area contributed by atoms with Gasteiger partial charge in [-0.1, -0.05) is 11.2 Å². The Morgan fingerprint density at radius 3 is 2.77 bits per heavy atom. The first-order valence-electron chi connectivity index (χ1n) is 6.62. The Morgan fingerprint density at radius 1 is 1.36 bits per heavy atom. The lowest BCUT2D eigenvalue weighted by Gasteiger charge is -2.18. The highest BCUT2D eigenvalue weighted by atomic mass is 19.4. The third kappa shape index (κ3) is 2.68. The monoisotopic (exact) mass is 311 g/mol. The van der Waals surface area contributed by atoms with Crippen molar-refractivity contribution < 1.29 is 22.5 Å². The Kier molecular flexibility index (Phi) is 3.38. The minimum Gasteiger partial charge on any atom is -0.340 e. The van der Waals surface area contributed by atoms with Gasteiger partial charge in [0.25, 0.3) is 0 Å². The van der Waals surface area contributed by atoms with Gasteiger partial charge in [0.1, 0.15) is 0 Å². The lowest BCUT2D eigenvalue weighted by atomic mass is 10.1. The Labute approximate surface area is 123 Å². The Bertz CT molecular complexity index is 711. The molecular formula is C14H12F3N3O2. The van der Waals surface area contributed by atoms with E-state index in [4.69, 9.17) is 4.52 Å². The van der Waals surface area contributed by atoms with E-state index in [9.17, 15) is 18.0 Å². The van der Waals surface area contributed by atoms with E-state index in [1.54, 1.807) is 6.92 Å². The van der Waals surface area contributed by atoms with Gasteiger partial charge in [-0.2, -0.15) is 18.2 Å². The fraction of sp³-hybridized carbons (Fsp3) is 0.357. The zero-order chi connectivity index (χ0) is 15.9. The van der Waals surface area contributed by atoms with Crippen LogP contribution in [0.2, 0.25) is 0 Å². The third-order valence-electron chi connectivity index (χ3n) is 3.52. The van der Waals surface area contributed by atoms with E-state index in [-0.39, 0.29) is 30.5 Å². The standard InChI is InChI=1S/C14H12F3N3O2/c1-8-18-13(19-22-8)9-5-12(21)20(7-9)11-4-2-3-10(6-11)14(15,16)17/h2-4,6,9H,5,7H2,1H3. The highest BCUT2D eigenvalue weighted by Gasteiger charge is 2.36. The van der Waals surface area contributed by atoms with E-state index in [0.29, 0.717) is 11.7 Å². The predicted octanol–water partition coefficient (Wildman–Crippen LogP) is 2.92. The summed E-state index contributed by atoms with van der Waals surface area (Å²) in [5.41, 5.74) is -0.556. The van der Waals surface area contributed by atoms with Crippen molar-refractivity contribution in [2.45, 2.75) is 25.4 Å². The van der Waals surface area contributed by atoms with E-state index in [0.717, 1.165) is 12.1 Å². The van der Waals surface area contributed by atoms with Crippen LogP contribution in [0.25, 0.3) is 0 Å². The molecular weight excluding hydrogens is 299 g/mol. The fourth-order valence-corrected chi connectivity index (χ4v) is 2.46. The summed E-state index contributed by atoms with van der Waals surface area (Å²) in [5, 5.41) is 3.77. The van der Waals surface area contributed by atoms with Crippen molar-refractivity contribution in [2.24, 2.45) is 0 Å². The molecule has 116 valence electrons. The predicted molar refractivity (Wildman–Crippen MR) is 70.2 cm³/mol. The Hall–Kier alpha value is -2.38. The number of benzene rings is 1. The molecule has 0 N–H and O–H groups in total. The molecule has 2 aromatic rings. The summed E-state index contributed by atoms with van der Waals surface area (Å²) >= 11 is 0. The number of nitrogens with zero attached hydrogens (tertiary/aromatic N) is 3. The molecule has 1 amide bonds. The molecule has 2 heterocycles. The molecule has 1 aliphatic rings. The number of halogens is 3. The van der Waals surface area contributed by atoms with Crippen LogP contribution in [0.4, 0.5) is 18.9 Å². The molecule has 3 rings (SSSR count). The molecule has 0 saturated carbocycles. The molecule has 22 heavy (non-hydrogen) atoms. The number of hydrogen-bond donors (Lipinski definition) is 0. The molecule has 0 radical (unpaired) electrons. The number of hydrogen-bond acceptors (Lipinski definition) is 4. The highest BCUT2D eigenvalue weighted by Crippen LogP contribution is 2.35. The van der Waals surface area contributed by atoms with Crippen LogP contribution in [0.15, 0.2) is 28.8 Å². The Morgan fingerprint density at radius 2 is 2.14 bits per heavy atom.